The zero-order valence-electron chi connectivity index (χ0n) is 13.1. The maximum Gasteiger partial charge on any atom is 0.266 e. The normalized spacial score (nSPS) is 10.8. The van der Waals surface area contributed by atoms with Crippen molar-refractivity contribution in [3.8, 4) is 17.6 Å². The third kappa shape index (κ3) is 3.94. The van der Waals surface area contributed by atoms with Gasteiger partial charge < -0.3 is 15.2 Å². The van der Waals surface area contributed by atoms with E-state index in [0.717, 1.165) is 5.56 Å². The number of hydrogen-bond donors (Lipinski definition) is 2. The summed E-state index contributed by atoms with van der Waals surface area (Å²) in [6, 6.07) is 12.3. The van der Waals surface area contributed by atoms with Crippen molar-refractivity contribution in [1.82, 2.24) is 0 Å². The summed E-state index contributed by atoms with van der Waals surface area (Å²) >= 11 is 3.21. The number of nitriles is 1. The average Bonchev–Trinajstić information content (AvgIpc) is 2.57. The van der Waals surface area contributed by atoms with Crippen LogP contribution >= 0.6 is 15.9 Å². The Morgan fingerprint density at radius 2 is 2.08 bits per heavy atom. The largest absolute Gasteiger partial charge is 0.503 e. The predicted octanol–water partition coefficient (Wildman–Crippen LogP) is 4.02. The van der Waals surface area contributed by atoms with Crippen LogP contribution in [-0.4, -0.2) is 18.1 Å². The van der Waals surface area contributed by atoms with Crippen molar-refractivity contribution in [1.29, 1.82) is 5.26 Å². The molecular weight excluding hydrogens is 372 g/mol. The van der Waals surface area contributed by atoms with E-state index in [2.05, 4.69) is 21.2 Å². The second kappa shape index (κ2) is 7.66. The van der Waals surface area contributed by atoms with Crippen LogP contribution in [0.15, 0.2) is 46.4 Å². The molecule has 0 radical (unpaired) electrons. The Morgan fingerprint density at radius 1 is 1.38 bits per heavy atom. The maximum absolute atomic E-state index is 12.3. The Balaban J connectivity index is 2.33. The SMILES string of the molecule is COc1cc(/C=C(\C#N)C(=O)Nc2ccccc2C)cc(Br)c1O. The summed E-state index contributed by atoms with van der Waals surface area (Å²) in [5, 5.41) is 21.8. The Hall–Kier alpha value is -2.78. The molecule has 122 valence electrons. The summed E-state index contributed by atoms with van der Waals surface area (Å²) in [5.41, 5.74) is 2.04. The van der Waals surface area contributed by atoms with Crippen molar-refractivity contribution in [2.24, 2.45) is 0 Å². The first-order valence-electron chi connectivity index (χ1n) is 7.01. The fourth-order valence-electron chi connectivity index (χ4n) is 2.05. The molecule has 0 aliphatic rings. The molecule has 0 heterocycles. The first-order valence-corrected chi connectivity index (χ1v) is 7.81. The van der Waals surface area contributed by atoms with Gasteiger partial charge in [0.1, 0.15) is 11.6 Å². The number of carbonyl (C=O) groups is 1. The monoisotopic (exact) mass is 386 g/mol. The molecule has 2 rings (SSSR count). The summed E-state index contributed by atoms with van der Waals surface area (Å²) in [7, 11) is 1.42. The molecule has 0 spiro atoms. The van der Waals surface area contributed by atoms with E-state index in [4.69, 9.17) is 4.74 Å². The lowest BCUT2D eigenvalue weighted by Crippen LogP contribution is -2.14. The minimum atomic E-state index is -0.505. The third-order valence-electron chi connectivity index (χ3n) is 3.34. The molecule has 0 saturated heterocycles. The number of anilines is 1. The van der Waals surface area contributed by atoms with Crippen LogP contribution in [0.25, 0.3) is 6.08 Å². The molecule has 2 N–H and O–H groups in total. The molecule has 0 aliphatic carbocycles. The van der Waals surface area contributed by atoms with Crippen molar-refractivity contribution < 1.29 is 14.6 Å². The van der Waals surface area contributed by atoms with Crippen LogP contribution in [0.4, 0.5) is 5.69 Å². The van der Waals surface area contributed by atoms with E-state index in [1.54, 1.807) is 24.3 Å². The minimum Gasteiger partial charge on any atom is -0.503 e. The van der Waals surface area contributed by atoms with Crippen LogP contribution in [-0.2, 0) is 4.79 Å². The van der Waals surface area contributed by atoms with E-state index in [1.807, 2.05) is 25.1 Å². The summed E-state index contributed by atoms with van der Waals surface area (Å²) < 4.78 is 5.47. The Morgan fingerprint density at radius 3 is 2.71 bits per heavy atom. The first kappa shape index (κ1) is 17.6. The molecule has 0 bridgehead atoms. The minimum absolute atomic E-state index is 0.0440. The number of nitrogens with one attached hydrogen (secondary N) is 1. The molecule has 0 fully saturated rings. The van der Waals surface area contributed by atoms with Crippen LogP contribution in [0.3, 0.4) is 0 Å². The van der Waals surface area contributed by atoms with Crippen LogP contribution in [0.5, 0.6) is 11.5 Å². The topological polar surface area (TPSA) is 82.3 Å². The van der Waals surface area contributed by atoms with Crippen molar-refractivity contribution in [2.75, 3.05) is 12.4 Å². The molecule has 6 heteroatoms. The number of methoxy groups -OCH3 is 1. The molecule has 0 aromatic heterocycles. The van der Waals surface area contributed by atoms with Crippen LogP contribution < -0.4 is 10.1 Å². The van der Waals surface area contributed by atoms with Crippen molar-refractivity contribution in [2.45, 2.75) is 6.92 Å². The van der Waals surface area contributed by atoms with E-state index in [1.165, 1.54) is 13.2 Å². The number of rotatable bonds is 4. The van der Waals surface area contributed by atoms with Gasteiger partial charge in [-0.2, -0.15) is 5.26 Å². The van der Waals surface area contributed by atoms with Gasteiger partial charge in [0, 0.05) is 5.69 Å². The number of phenols is 1. The Bertz CT molecular complexity index is 854. The molecule has 0 saturated carbocycles. The molecule has 2 aromatic rings. The second-order valence-corrected chi connectivity index (χ2v) is 5.85. The van der Waals surface area contributed by atoms with E-state index in [-0.39, 0.29) is 17.1 Å². The van der Waals surface area contributed by atoms with Crippen molar-refractivity contribution in [3.05, 3.63) is 57.6 Å². The second-order valence-electron chi connectivity index (χ2n) is 4.99. The van der Waals surface area contributed by atoms with E-state index in [0.29, 0.717) is 15.7 Å². The van der Waals surface area contributed by atoms with Gasteiger partial charge in [-0.05, 0) is 58.3 Å². The number of carbonyl (C=O) groups excluding carboxylic acids is 1. The molecule has 2 aromatic carbocycles. The maximum atomic E-state index is 12.3. The average molecular weight is 387 g/mol. The van der Waals surface area contributed by atoms with Crippen molar-refractivity contribution >= 4 is 33.6 Å². The van der Waals surface area contributed by atoms with Crippen LogP contribution in [0.1, 0.15) is 11.1 Å². The standard InChI is InChI=1S/C18H15BrN2O3/c1-11-5-3-4-6-15(11)21-18(23)13(10-20)7-12-8-14(19)17(22)16(9-12)24-2/h3-9,22H,1-2H3,(H,21,23)/b13-7+. The van der Waals surface area contributed by atoms with Gasteiger partial charge in [-0.25, -0.2) is 0 Å². The van der Waals surface area contributed by atoms with Gasteiger partial charge in [0.25, 0.3) is 5.91 Å². The fraction of sp³-hybridized carbons (Fsp3) is 0.111. The van der Waals surface area contributed by atoms with Gasteiger partial charge in [0.05, 0.1) is 11.6 Å². The molecule has 0 atom stereocenters. The highest BCUT2D eigenvalue weighted by molar-refractivity contribution is 9.10. The van der Waals surface area contributed by atoms with Gasteiger partial charge in [0.15, 0.2) is 11.5 Å². The highest BCUT2D eigenvalue weighted by Gasteiger charge is 2.13. The summed E-state index contributed by atoms with van der Waals surface area (Å²) in [6.07, 6.45) is 1.43. The van der Waals surface area contributed by atoms with Gasteiger partial charge in [-0.1, -0.05) is 18.2 Å². The lowest BCUT2D eigenvalue weighted by Gasteiger charge is -2.08. The number of aromatic hydroxyl groups is 1. The van der Waals surface area contributed by atoms with Crippen LogP contribution in [0.2, 0.25) is 0 Å². The quantitative estimate of drug-likeness (QED) is 0.613. The fourth-order valence-corrected chi connectivity index (χ4v) is 2.51. The van der Waals surface area contributed by atoms with E-state index >= 15 is 0 Å². The molecule has 5 nitrogen and oxygen atoms in total. The molecule has 24 heavy (non-hydrogen) atoms. The van der Waals surface area contributed by atoms with Crippen molar-refractivity contribution in [3.63, 3.8) is 0 Å². The molecular formula is C18H15BrN2O3. The van der Waals surface area contributed by atoms with E-state index < -0.39 is 5.91 Å². The van der Waals surface area contributed by atoms with Gasteiger partial charge >= 0.3 is 0 Å². The smallest absolute Gasteiger partial charge is 0.266 e. The number of hydrogen-bond acceptors (Lipinski definition) is 4. The van der Waals surface area contributed by atoms with Gasteiger partial charge in [-0.15, -0.1) is 0 Å². The third-order valence-corrected chi connectivity index (χ3v) is 3.94. The summed E-state index contributed by atoms with van der Waals surface area (Å²) in [6.45, 7) is 1.87. The lowest BCUT2D eigenvalue weighted by atomic mass is 10.1. The summed E-state index contributed by atoms with van der Waals surface area (Å²) in [5.74, 6) is -0.306. The molecule has 1 amide bonds. The number of para-hydroxylation sites is 1. The first-order chi connectivity index (χ1) is 11.5. The van der Waals surface area contributed by atoms with Crippen LogP contribution in [0, 0.1) is 18.3 Å². The molecule has 0 aliphatic heterocycles. The lowest BCUT2D eigenvalue weighted by molar-refractivity contribution is -0.112. The zero-order valence-corrected chi connectivity index (χ0v) is 14.7. The number of aryl methyl sites for hydroxylation is 1. The summed E-state index contributed by atoms with van der Waals surface area (Å²) in [4.78, 5) is 12.3. The predicted molar refractivity (Wildman–Crippen MR) is 95.8 cm³/mol. The number of ether oxygens (including phenoxy) is 1. The Labute approximate surface area is 148 Å². The number of amides is 1. The number of halogens is 1. The highest BCUT2D eigenvalue weighted by atomic mass is 79.9. The number of phenolic OH excluding ortho intramolecular Hbond substituents is 1. The number of nitrogens with zero attached hydrogens (tertiary/aromatic N) is 1. The Kier molecular flexibility index (Phi) is 5.61. The zero-order chi connectivity index (χ0) is 17.7. The van der Waals surface area contributed by atoms with E-state index in [9.17, 15) is 15.2 Å². The highest BCUT2D eigenvalue weighted by Crippen LogP contribution is 2.35. The molecule has 0 unspecified atom stereocenters. The van der Waals surface area contributed by atoms with Gasteiger partial charge in [-0.3, -0.25) is 4.79 Å². The number of benzene rings is 2. The van der Waals surface area contributed by atoms with Gasteiger partial charge in [0.2, 0.25) is 0 Å².